The molecule has 6 nitrogen and oxygen atoms in total. The quantitative estimate of drug-likeness (QED) is 0.700. The maximum absolute atomic E-state index is 14.9. The van der Waals surface area contributed by atoms with Crippen LogP contribution in [0.1, 0.15) is 31.9 Å². The van der Waals surface area contributed by atoms with Crippen molar-refractivity contribution in [2.75, 3.05) is 18.6 Å². The van der Waals surface area contributed by atoms with Gasteiger partial charge in [-0.3, -0.25) is 0 Å². The maximum Gasteiger partial charge on any atom is 0.254 e. The fourth-order valence-electron chi connectivity index (χ4n) is 3.80. The van der Waals surface area contributed by atoms with E-state index in [9.17, 15) is 8.78 Å². The zero-order chi connectivity index (χ0) is 19.1. The molecule has 3 heterocycles. The number of hydrogen-bond donors (Lipinski definition) is 0. The van der Waals surface area contributed by atoms with Crippen molar-refractivity contribution < 1.29 is 13.5 Å². The van der Waals surface area contributed by atoms with Crippen molar-refractivity contribution in [3.63, 3.8) is 0 Å². The van der Waals surface area contributed by atoms with Gasteiger partial charge in [0.1, 0.15) is 18.0 Å². The van der Waals surface area contributed by atoms with E-state index in [0.29, 0.717) is 22.9 Å². The third-order valence-corrected chi connectivity index (χ3v) is 5.17. The van der Waals surface area contributed by atoms with E-state index in [1.165, 1.54) is 19.5 Å². The highest BCUT2D eigenvalue weighted by atomic mass is 19.1. The largest absolute Gasteiger partial charge is 0.494 e. The van der Waals surface area contributed by atoms with Crippen molar-refractivity contribution in [3.05, 3.63) is 35.8 Å². The number of methoxy groups -OCH3 is 1. The van der Waals surface area contributed by atoms with Gasteiger partial charge in [0.25, 0.3) is 5.78 Å². The average molecular weight is 373 g/mol. The van der Waals surface area contributed by atoms with Gasteiger partial charge in [-0.25, -0.2) is 13.8 Å². The lowest BCUT2D eigenvalue weighted by Crippen LogP contribution is -2.39. The normalized spacial score (nSPS) is 17.5. The van der Waals surface area contributed by atoms with Crippen molar-refractivity contribution in [1.29, 1.82) is 0 Å². The van der Waals surface area contributed by atoms with E-state index in [0.717, 1.165) is 31.9 Å². The van der Waals surface area contributed by atoms with Crippen LogP contribution in [0.5, 0.6) is 5.75 Å². The molecule has 1 fully saturated rings. The number of aromatic nitrogens is 4. The first-order valence-electron chi connectivity index (χ1n) is 9.01. The fraction of sp³-hybridized carbons (Fsp3) is 0.421. The van der Waals surface area contributed by atoms with Crippen LogP contribution in [0, 0.1) is 18.6 Å². The summed E-state index contributed by atoms with van der Waals surface area (Å²) < 4.78 is 35.8. The lowest BCUT2D eigenvalue weighted by molar-refractivity contribution is 0.383. The van der Waals surface area contributed by atoms with E-state index in [1.807, 2.05) is 0 Å². The number of nitrogens with zero attached hydrogens (tertiary/aromatic N) is 5. The minimum Gasteiger partial charge on any atom is -0.494 e. The van der Waals surface area contributed by atoms with Crippen LogP contribution < -0.4 is 9.64 Å². The van der Waals surface area contributed by atoms with E-state index in [1.54, 1.807) is 11.4 Å². The number of anilines is 1. The van der Waals surface area contributed by atoms with E-state index in [4.69, 9.17) is 4.74 Å². The molecular formula is C19H21F2N5O. The molecule has 27 heavy (non-hydrogen) atoms. The van der Waals surface area contributed by atoms with E-state index in [2.05, 4.69) is 26.9 Å². The third kappa shape index (κ3) is 2.89. The first-order chi connectivity index (χ1) is 13.0. The molecule has 1 aliphatic heterocycles. The highest BCUT2D eigenvalue weighted by Gasteiger charge is 2.28. The van der Waals surface area contributed by atoms with Crippen LogP contribution in [0.25, 0.3) is 16.9 Å². The second-order valence-corrected chi connectivity index (χ2v) is 6.87. The number of piperidine rings is 1. The molecule has 1 aliphatic rings. The molecule has 0 aliphatic carbocycles. The summed E-state index contributed by atoms with van der Waals surface area (Å²) in [6.45, 7) is 4.73. The van der Waals surface area contributed by atoms with Gasteiger partial charge < -0.3 is 9.64 Å². The lowest BCUT2D eigenvalue weighted by atomic mass is 9.99. The van der Waals surface area contributed by atoms with Gasteiger partial charge in [0.15, 0.2) is 11.6 Å². The molecule has 1 atom stereocenters. The maximum atomic E-state index is 14.9. The summed E-state index contributed by atoms with van der Waals surface area (Å²) in [7, 11) is 1.31. The molecule has 0 spiro atoms. The van der Waals surface area contributed by atoms with Crippen LogP contribution in [-0.2, 0) is 0 Å². The molecule has 142 valence electrons. The van der Waals surface area contributed by atoms with Gasteiger partial charge in [0, 0.05) is 29.8 Å². The van der Waals surface area contributed by atoms with Gasteiger partial charge in [-0.05, 0) is 39.2 Å². The number of rotatable bonds is 3. The number of benzene rings is 1. The molecule has 1 unspecified atom stereocenters. The Hall–Kier alpha value is -2.77. The predicted octanol–water partition coefficient (Wildman–Crippen LogP) is 3.77. The molecule has 1 saturated heterocycles. The summed E-state index contributed by atoms with van der Waals surface area (Å²) in [4.78, 5) is 10.8. The minimum absolute atomic E-state index is 0.128. The molecule has 0 bridgehead atoms. The number of aryl methyl sites for hydroxylation is 1. The topological polar surface area (TPSA) is 55.6 Å². The van der Waals surface area contributed by atoms with Gasteiger partial charge >= 0.3 is 0 Å². The SMILES string of the molecule is COc1cc(F)c(-c2c(C)nc3ncnn3c2N2CCCCC2C)cc1F. The predicted molar refractivity (Wildman–Crippen MR) is 98.1 cm³/mol. The van der Waals surface area contributed by atoms with Gasteiger partial charge in [0.05, 0.1) is 12.8 Å². The van der Waals surface area contributed by atoms with Crippen molar-refractivity contribution in [1.82, 2.24) is 19.6 Å². The summed E-state index contributed by atoms with van der Waals surface area (Å²) in [6.07, 6.45) is 4.62. The Morgan fingerprint density at radius 2 is 2.00 bits per heavy atom. The van der Waals surface area contributed by atoms with Crippen LogP contribution >= 0.6 is 0 Å². The molecule has 0 radical (unpaired) electrons. The summed E-state index contributed by atoms with van der Waals surface area (Å²) in [5.41, 5.74) is 1.25. The zero-order valence-corrected chi connectivity index (χ0v) is 15.5. The summed E-state index contributed by atoms with van der Waals surface area (Å²) >= 11 is 0. The Bertz CT molecular complexity index is 1000. The van der Waals surface area contributed by atoms with E-state index >= 15 is 0 Å². The molecule has 1 aromatic carbocycles. The minimum atomic E-state index is -0.621. The van der Waals surface area contributed by atoms with Crippen LogP contribution in [0.3, 0.4) is 0 Å². The van der Waals surface area contributed by atoms with Gasteiger partial charge in [-0.2, -0.15) is 14.6 Å². The Kier molecular flexibility index (Phi) is 4.41. The van der Waals surface area contributed by atoms with E-state index < -0.39 is 11.6 Å². The van der Waals surface area contributed by atoms with Crippen molar-refractivity contribution in [2.45, 2.75) is 39.2 Å². The highest BCUT2D eigenvalue weighted by molar-refractivity contribution is 5.80. The third-order valence-electron chi connectivity index (χ3n) is 5.17. The van der Waals surface area contributed by atoms with Gasteiger partial charge in [0.2, 0.25) is 0 Å². The van der Waals surface area contributed by atoms with Crippen LogP contribution in [0.4, 0.5) is 14.6 Å². The van der Waals surface area contributed by atoms with Crippen LogP contribution in [0.2, 0.25) is 0 Å². The highest BCUT2D eigenvalue weighted by Crippen LogP contribution is 2.39. The van der Waals surface area contributed by atoms with Crippen molar-refractivity contribution >= 4 is 11.6 Å². The molecule has 0 N–H and O–H groups in total. The Morgan fingerprint density at radius 1 is 1.19 bits per heavy atom. The smallest absolute Gasteiger partial charge is 0.254 e. The standard InChI is InChI=1S/C19H21F2N5O/c1-11-6-4-5-7-25(11)18-17(12(2)24-19-22-10-23-26(18)19)13-8-15(21)16(27-3)9-14(13)20/h8-11H,4-7H2,1-3H3. The number of fused-ring (bicyclic) bond motifs is 1. The second kappa shape index (κ2) is 6.75. The van der Waals surface area contributed by atoms with Crippen molar-refractivity contribution in [2.24, 2.45) is 0 Å². The molecule has 0 saturated carbocycles. The average Bonchev–Trinajstić information content (AvgIpc) is 3.11. The Balaban J connectivity index is 2.02. The molecule has 8 heteroatoms. The molecule has 3 aromatic rings. The summed E-state index contributed by atoms with van der Waals surface area (Å²) in [5.74, 6) is -0.172. The Morgan fingerprint density at radius 3 is 2.74 bits per heavy atom. The Labute approximate surface area is 155 Å². The number of ether oxygens (including phenoxy) is 1. The summed E-state index contributed by atoms with van der Waals surface area (Å²) in [5, 5.41) is 4.30. The zero-order valence-electron chi connectivity index (χ0n) is 15.5. The number of hydrogen-bond acceptors (Lipinski definition) is 5. The van der Waals surface area contributed by atoms with E-state index in [-0.39, 0.29) is 17.4 Å². The van der Waals surface area contributed by atoms with Crippen molar-refractivity contribution in [3.8, 4) is 16.9 Å². The monoisotopic (exact) mass is 373 g/mol. The van der Waals surface area contributed by atoms with Crippen LogP contribution in [-0.4, -0.2) is 39.3 Å². The van der Waals surface area contributed by atoms with Gasteiger partial charge in [-0.15, -0.1) is 0 Å². The summed E-state index contributed by atoms with van der Waals surface area (Å²) in [6, 6.07) is 2.48. The van der Waals surface area contributed by atoms with Crippen LogP contribution in [0.15, 0.2) is 18.5 Å². The second-order valence-electron chi connectivity index (χ2n) is 6.87. The molecule has 0 amide bonds. The van der Waals surface area contributed by atoms with Gasteiger partial charge in [-0.1, -0.05) is 0 Å². The fourth-order valence-corrected chi connectivity index (χ4v) is 3.80. The first-order valence-corrected chi connectivity index (χ1v) is 9.01. The number of halogens is 2. The molecule has 4 rings (SSSR count). The lowest BCUT2D eigenvalue weighted by Gasteiger charge is -2.36. The first kappa shape index (κ1) is 17.6. The molecular weight excluding hydrogens is 352 g/mol. The molecule has 2 aromatic heterocycles.